The molecule has 1 aromatic heterocycles. The number of carbonyl (C=O) groups excluding carboxylic acids is 1. The van der Waals surface area contributed by atoms with Gasteiger partial charge in [0.15, 0.2) is 0 Å². The van der Waals surface area contributed by atoms with Crippen molar-refractivity contribution in [2.24, 2.45) is 13.0 Å². The molecule has 3 rings (SSSR count). The fourth-order valence-electron chi connectivity index (χ4n) is 3.95. The SMILES string of the molecule is CN(C[C@@H]1CCCN(CCc2ccc(Cl)cc2)C1)C(=O)c1cc(C#N)cn1C. The minimum Gasteiger partial charge on any atom is -0.345 e. The second kappa shape index (κ2) is 9.27. The number of aromatic nitrogens is 1. The molecule has 148 valence electrons. The van der Waals surface area contributed by atoms with Crippen LogP contribution in [0.4, 0.5) is 0 Å². The summed E-state index contributed by atoms with van der Waals surface area (Å²) in [5, 5.41) is 9.80. The third-order valence-electron chi connectivity index (χ3n) is 5.46. The quantitative estimate of drug-likeness (QED) is 0.747. The lowest BCUT2D eigenvalue weighted by molar-refractivity contribution is 0.0721. The van der Waals surface area contributed by atoms with Crippen molar-refractivity contribution < 1.29 is 4.79 Å². The summed E-state index contributed by atoms with van der Waals surface area (Å²) in [7, 11) is 3.66. The van der Waals surface area contributed by atoms with E-state index in [4.69, 9.17) is 16.9 Å². The average molecular weight is 399 g/mol. The molecule has 6 heteroatoms. The van der Waals surface area contributed by atoms with E-state index in [0.29, 0.717) is 17.2 Å². The first-order chi connectivity index (χ1) is 13.5. The summed E-state index contributed by atoms with van der Waals surface area (Å²) < 4.78 is 1.73. The molecule has 2 aromatic rings. The molecule has 0 radical (unpaired) electrons. The summed E-state index contributed by atoms with van der Waals surface area (Å²) in [5.74, 6) is 0.450. The molecule has 0 spiro atoms. The molecule has 0 unspecified atom stereocenters. The first-order valence-electron chi connectivity index (χ1n) is 9.75. The van der Waals surface area contributed by atoms with Crippen molar-refractivity contribution in [3.05, 3.63) is 58.4 Å². The van der Waals surface area contributed by atoms with Crippen LogP contribution < -0.4 is 0 Å². The third-order valence-corrected chi connectivity index (χ3v) is 5.72. The van der Waals surface area contributed by atoms with E-state index in [1.165, 1.54) is 5.56 Å². The van der Waals surface area contributed by atoms with Gasteiger partial charge in [0.05, 0.1) is 5.56 Å². The number of hydrogen-bond acceptors (Lipinski definition) is 3. The van der Waals surface area contributed by atoms with Crippen LogP contribution in [0.2, 0.25) is 5.02 Å². The number of aryl methyl sites for hydroxylation is 1. The summed E-state index contributed by atoms with van der Waals surface area (Å²) in [6, 6.07) is 11.8. The van der Waals surface area contributed by atoms with Gasteiger partial charge < -0.3 is 14.4 Å². The van der Waals surface area contributed by atoms with E-state index in [9.17, 15) is 4.79 Å². The van der Waals surface area contributed by atoms with Gasteiger partial charge >= 0.3 is 0 Å². The van der Waals surface area contributed by atoms with Gasteiger partial charge in [-0.1, -0.05) is 23.7 Å². The molecule has 5 nitrogen and oxygen atoms in total. The van der Waals surface area contributed by atoms with Crippen molar-refractivity contribution in [2.75, 3.05) is 33.2 Å². The van der Waals surface area contributed by atoms with Gasteiger partial charge in [0.2, 0.25) is 0 Å². The van der Waals surface area contributed by atoms with Gasteiger partial charge in [0.1, 0.15) is 11.8 Å². The van der Waals surface area contributed by atoms with Crippen molar-refractivity contribution >= 4 is 17.5 Å². The van der Waals surface area contributed by atoms with Crippen LogP contribution in [0.5, 0.6) is 0 Å². The average Bonchev–Trinajstić information content (AvgIpc) is 3.08. The van der Waals surface area contributed by atoms with E-state index < -0.39 is 0 Å². The van der Waals surface area contributed by atoms with E-state index in [-0.39, 0.29) is 5.91 Å². The molecule has 1 saturated heterocycles. The lowest BCUT2D eigenvalue weighted by Gasteiger charge is -2.34. The molecule has 2 heterocycles. The van der Waals surface area contributed by atoms with Crippen LogP contribution in [0.15, 0.2) is 36.5 Å². The highest BCUT2D eigenvalue weighted by atomic mass is 35.5. The maximum atomic E-state index is 12.8. The summed E-state index contributed by atoms with van der Waals surface area (Å²) in [4.78, 5) is 17.1. The number of piperidine rings is 1. The third kappa shape index (κ3) is 5.15. The molecule has 1 aliphatic rings. The molecule has 1 amide bonds. The second-order valence-corrected chi connectivity index (χ2v) is 8.14. The standard InChI is InChI=1S/C22H27ClN4O/c1-25-15-19(13-24)12-21(25)22(28)26(2)14-18-4-3-10-27(16-18)11-9-17-5-7-20(23)8-6-17/h5-8,12,15,18H,3-4,9-11,14,16H2,1-2H3/t18-/m0/s1. The topological polar surface area (TPSA) is 52.3 Å². The Kier molecular flexibility index (Phi) is 6.77. The summed E-state index contributed by atoms with van der Waals surface area (Å²) >= 11 is 5.96. The number of halogens is 1. The van der Waals surface area contributed by atoms with E-state index in [0.717, 1.165) is 50.5 Å². The van der Waals surface area contributed by atoms with E-state index >= 15 is 0 Å². The smallest absolute Gasteiger partial charge is 0.270 e. The van der Waals surface area contributed by atoms with Crippen molar-refractivity contribution in [3.63, 3.8) is 0 Å². The van der Waals surface area contributed by atoms with Crippen LogP contribution in [0.25, 0.3) is 0 Å². The first kappa shape index (κ1) is 20.4. The summed E-state index contributed by atoms with van der Waals surface area (Å²) in [6.07, 6.45) is 5.01. The zero-order chi connectivity index (χ0) is 20.1. The van der Waals surface area contributed by atoms with Gasteiger partial charge in [-0.05, 0) is 55.5 Å². The van der Waals surface area contributed by atoms with Gasteiger partial charge in [-0.3, -0.25) is 4.79 Å². The number of nitriles is 1. The van der Waals surface area contributed by atoms with Crippen LogP contribution in [0, 0.1) is 17.2 Å². The molecule has 0 bridgehead atoms. The highest BCUT2D eigenvalue weighted by molar-refractivity contribution is 6.30. The van der Waals surface area contributed by atoms with Crippen LogP contribution >= 0.6 is 11.6 Å². The van der Waals surface area contributed by atoms with Gasteiger partial charge in [-0.2, -0.15) is 5.26 Å². The zero-order valence-corrected chi connectivity index (χ0v) is 17.3. The molecule has 1 aliphatic heterocycles. The fraction of sp³-hybridized carbons (Fsp3) is 0.455. The Balaban J connectivity index is 1.52. The Morgan fingerprint density at radius 2 is 2.11 bits per heavy atom. The normalized spacial score (nSPS) is 17.3. The number of likely N-dealkylation sites (tertiary alicyclic amines) is 1. The lowest BCUT2D eigenvalue weighted by atomic mass is 9.97. The minimum absolute atomic E-state index is 0.0257. The molecule has 0 saturated carbocycles. The number of nitrogens with zero attached hydrogens (tertiary/aromatic N) is 4. The van der Waals surface area contributed by atoms with Crippen LogP contribution in [-0.2, 0) is 13.5 Å². The lowest BCUT2D eigenvalue weighted by Crippen LogP contribution is -2.42. The number of benzene rings is 1. The van der Waals surface area contributed by atoms with E-state index in [1.807, 2.05) is 19.2 Å². The Morgan fingerprint density at radius 3 is 2.79 bits per heavy atom. The molecular weight excluding hydrogens is 372 g/mol. The van der Waals surface area contributed by atoms with Crippen molar-refractivity contribution in [1.29, 1.82) is 5.26 Å². The van der Waals surface area contributed by atoms with Crippen molar-refractivity contribution in [2.45, 2.75) is 19.3 Å². The van der Waals surface area contributed by atoms with Gasteiger partial charge in [0, 0.05) is 44.9 Å². The van der Waals surface area contributed by atoms with Crippen LogP contribution in [-0.4, -0.2) is 53.5 Å². The van der Waals surface area contributed by atoms with Gasteiger partial charge in [-0.15, -0.1) is 0 Å². The van der Waals surface area contributed by atoms with Crippen LogP contribution in [0.1, 0.15) is 34.5 Å². The summed E-state index contributed by atoms with van der Waals surface area (Å²) in [5.41, 5.74) is 2.38. The Hall–Kier alpha value is -2.29. The van der Waals surface area contributed by atoms with E-state index in [2.05, 4.69) is 23.1 Å². The van der Waals surface area contributed by atoms with Gasteiger partial charge in [-0.25, -0.2) is 0 Å². The molecule has 1 fully saturated rings. The van der Waals surface area contributed by atoms with E-state index in [1.54, 1.807) is 28.8 Å². The molecule has 0 aliphatic carbocycles. The molecular formula is C22H27ClN4O. The maximum absolute atomic E-state index is 12.8. The predicted molar refractivity (Wildman–Crippen MR) is 111 cm³/mol. The number of rotatable bonds is 6. The fourth-order valence-corrected chi connectivity index (χ4v) is 4.07. The summed E-state index contributed by atoms with van der Waals surface area (Å²) in [6.45, 7) is 3.90. The second-order valence-electron chi connectivity index (χ2n) is 7.71. The van der Waals surface area contributed by atoms with Gasteiger partial charge in [0.25, 0.3) is 5.91 Å². The molecule has 0 N–H and O–H groups in total. The first-order valence-corrected chi connectivity index (χ1v) is 10.1. The number of carbonyl (C=O) groups is 1. The van der Waals surface area contributed by atoms with Crippen molar-refractivity contribution in [3.8, 4) is 6.07 Å². The molecule has 1 atom stereocenters. The Labute approximate surface area is 172 Å². The van der Waals surface area contributed by atoms with Crippen molar-refractivity contribution in [1.82, 2.24) is 14.4 Å². The molecule has 1 aromatic carbocycles. The maximum Gasteiger partial charge on any atom is 0.270 e. The van der Waals surface area contributed by atoms with Crippen LogP contribution in [0.3, 0.4) is 0 Å². The minimum atomic E-state index is -0.0257. The zero-order valence-electron chi connectivity index (χ0n) is 16.6. The predicted octanol–water partition coefficient (Wildman–Crippen LogP) is 3.58. The highest BCUT2D eigenvalue weighted by Gasteiger charge is 2.24. The Morgan fingerprint density at radius 1 is 1.36 bits per heavy atom. The number of hydrogen-bond donors (Lipinski definition) is 0. The number of amides is 1. The highest BCUT2D eigenvalue weighted by Crippen LogP contribution is 2.19. The largest absolute Gasteiger partial charge is 0.345 e. The monoisotopic (exact) mass is 398 g/mol. The Bertz CT molecular complexity index is 852. The molecule has 28 heavy (non-hydrogen) atoms.